The Kier molecular flexibility index (Phi) is 3.42. The SMILES string of the molecule is CC1(C)C(CNc2ccc(C(=O)O)c(Br)c2)C1(C)C. The van der Waals surface area contributed by atoms with E-state index in [0.717, 1.165) is 12.2 Å². The molecular weight excluding hydrogens is 306 g/mol. The molecule has 0 unspecified atom stereocenters. The van der Waals surface area contributed by atoms with Gasteiger partial charge in [-0.3, -0.25) is 0 Å². The van der Waals surface area contributed by atoms with E-state index in [1.807, 2.05) is 12.1 Å². The molecule has 1 aromatic carbocycles. The minimum Gasteiger partial charge on any atom is -0.478 e. The van der Waals surface area contributed by atoms with E-state index in [-0.39, 0.29) is 5.56 Å². The Morgan fingerprint density at radius 1 is 1.32 bits per heavy atom. The van der Waals surface area contributed by atoms with E-state index in [9.17, 15) is 4.79 Å². The van der Waals surface area contributed by atoms with E-state index in [1.54, 1.807) is 6.07 Å². The predicted octanol–water partition coefficient (Wildman–Crippen LogP) is 4.24. The monoisotopic (exact) mass is 325 g/mol. The van der Waals surface area contributed by atoms with Crippen LogP contribution in [0, 0.1) is 16.7 Å². The molecule has 1 aromatic rings. The highest BCUT2D eigenvalue weighted by Gasteiger charge is 2.63. The molecule has 0 atom stereocenters. The first-order valence-electron chi connectivity index (χ1n) is 6.44. The van der Waals surface area contributed by atoms with Crippen LogP contribution in [-0.2, 0) is 0 Å². The fraction of sp³-hybridized carbons (Fsp3) is 0.533. The lowest BCUT2D eigenvalue weighted by molar-refractivity contribution is 0.0696. The zero-order valence-electron chi connectivity index (χ0n) is 11.7. The van der Waals surface area contributed by atoms with Crippen LogP contribution in [0.5, 0.6) is 0 Å². The fourth-order valence-corrected chi connectivity index (χ4v) is 3.41. The molecule has 4 heteroatoms. The number of hydrogen-bond acceptors (Lipinski definition) is 2. The third-order valence-electron chi connectivity index (χ3n) is 5.03. The highest BCUT2D eigenvalue weighted by molar-refractivity contribution is 9.10. The molecule has 1 saturated carbocycles. The molecule has 0 spiro atoms. The summed E-state index contributed by atoms with van der Waals surface area (Å²) in [5.41, 5.74) is 1.96. The van der Waals surface area contributed by atoms with E-state index < -0.39 is 5.97 Å². The van der Waals surface area contributed by atoms with Gasteiger partial charge in [-0.2, -0.15) is 0 Å². The van der Waals surface area contributed by atoms with Crippen molar-refractivity contribution in [3.8, 4) is 0 Å². The topological polar surface area (TPSA) is 49.3 Å². The minimum atomic E-state index is -0.914. The number of anilines is 1. The van der Waals surface area contributed by atoms with Crippen LogP contribution < -0.4 is 5.32 Å². The van der Waals surface area contributed by atoms with Crippen LogP contribution in [0.25, 0.3) is 0 Å². The summed E-state index contributed by atoms with van der Waals surface area (Å²) in [6.07, 6.45) is 0. The molecule has 0 bridgehead atoms. The zero-order chi connectivity index (χ0) is 14.4. The second-order valence-electron chi connectivity index (χ2n) is 6.38. The van der Waals surface area contributed by atoms with Gasteiger partial charge >= 0.3 is 5.97 Å². The average molecular weight is 326 g/mol. The van der Waals surface area contributed by atoms with Crippen LogP contribution in [-0.4, -0.2) is 17.6 Å². The summed E-state index contributed by atoms with van der Waals surface area (Å²) in [4.78, 5) is 10.9. The van der Waals surface area contributed by atoms with Crippen LogP contribution in [0.2, 0.25) is 0 Å². The van der Waals surface area contributed by atoms with Gasteiger partial charge in [-0.05, 0) is 50.9 Å². The lowest BCUT2D eigenvalue weighted by Gasteiger charge is -2.09. The Morgan fingerprint density at radius 3 is 2.32 bits per heavy atom. The fourth-order valence-electron chi connectivity index (χ4n) is 2.86. The van der Waals surface area contributed by atoms with Crippen molar-refractivity contribution in [3.63, 3.8) is 0 Å². The first-order chi connectivity index (χ1) is 8.68. The number of carboxylic acids is 1. The Balaban J connectivity index is 2.02. The van der Waals surface area contributed by atoms with E-state index in [4.69, 9.17) is 5.11 Å². The quantitative estimate of drug-likeness (QED) is 0.870. The number of halogens is 1. The van der Waals surface area contributed by atoms with Crippen molar-refractivity contribution in [1.29, 1.82) is 0 Å². The van der Waals surface area contributed by atoms with Crippen molar-refractivity contribution in [2.75, 3.05) is 11.9 Å². The van der Waals surface area contributed by atoms with Gasteiger partial charge < -0.3 is 10.4 Å². The Bertz CT molecular complexity index is 509. The van der Waals surface area contributed by atoms with Crippen molar-refractivity contribution in [2.45, 2.75) is 27.7 Å². The molecule has 1 fully saturated rings. The first kappa shape index (κ1) is 14.4. The Morgan fingerprint density at radius 2 is 1.89 bits per heavy atom. The predicted molar refractivity (Wildman–Crippen MR) is 80.6 cm³/mol. The molecule has 2 N–H and O–H groups in total. The number of aromatic carboxylic acids is 1. The Hall–Kier alpha value is -1.03. The molecule has 19 heavy (non-hydrogen) atoms. The van der Waals surface area contributed by atoms with E-state index in [2.05, 4.69) is 48.9 Å². The van der Waals surface area contributed by atoms with Crippen LogP contribution in [0.3, 0.4) is 0 Å². The van der Waals surface area contributed by atoms with Crippen molar-refractivity contribution in [3.05, 3.63) is 28.2 Å². The number of carboxylic acid groups (broad SMARTS) is 1. The minimum absolute atomic E-state index is 0.289. The summed E-state index contributed by atoms with van der Waals surface area (Å²) in [7, 11) is 0. The second kappa shape index (κ2) is 4.51. The van der Waals surface area contributed by atoms with Crippen LogP contribution >= 0.6 is 15.9 Å². The molecule has 0 amide bonds. The van der Waals surface area contributed by atoms with Crippen molar-refractivity contribution in [1.82, 2.24) is 0 Å². The maximum Gasteiger partial charge on any atom is 0.336 e. The molecule has 1 aliphatic carbocycles. The van der Waals surface area contributed by atoms with E-state index in [1.165, 1.54) is 0 Å². The summed E-state index contributed by atoms with van der Waals surface area (Å²) in [6, 6.07) is 5.26. The largest absolute Gasteiger partial charge is 0.478 e. The molecule has 104 valence electrons. The van der Waals surface area contributed by atoms with Gasteiger partial charge in [0.2, 0.25) is 0 Å². The molecule has 1 aliphatic rings. The third kappa shape index (κ3) is 2.38. The lowest BCUT2D eigenvalue weighted by atomic mass is 10.0. The van der Waals surface area contributed by atoms with E-state index in [0.29, 0.717) is 21.2 Å². The summed E-state index contributed by atoms with van der Waals surface area (Å²) < 4.78 is 0.610. The summed E-state index contributed by atoms with van der Waals surface area (Å²) >= 11 is 3.29. The molecular formula is C15H20BrNO2. The number of hydrogen-bond donors (Lipinski definition) is 2. The first-order valence-corrected chi connectivity index (χ1v) is 7.24. The number of carbonyl (C=O) groups is 1. The van der Waals surface area contributed by atoms with Gasteiger partial charge in [-0.25, -0.2) is 4.79 Å². The standard InChI is InChI=1S/C15H20BrNO2/c1-14(2)12(15(14,3)4)8-17-9-5-6-10(13(18)19)11(16)7-9/h5-7,12,17H,8H2,1-4H3,(H,18,19). The lowest BCUT2D eigenvalue weighted by Crippen LogP contribution is -2.08. The summed E-state index contributed by atoms with van der Waals surface area (Å²) in [5.74, 6) is -0.277. The smallest absolute Gasteiger partial charge is 0.336 e. The molecule has 0 aromatic heterocycles. The van der Waals surface area contributed by atoms with Crippen LogP contribution in [0.4, 0.5) is 5.69 Å². The van der Waals surface area contributed by atoms with Gasteiger partial charge in [-0.1, -0.05) is 27.7 Å². The van der Waals surface area contributed by atoms with Gasteiger partial charge in [0.1, 0.15) is 0 Å². The maximum atomic E-state index is 10.9. The zero-order valence-corrected chi connectivity index (χ0v) is 13.3. The van der Waals surface area contributed by atoms with Gasteiger partial charge in [0.25, 0.3) is 0 Å². The van der Waals surface area contributed by atoms with Crippen LogP contribution in [0.1, 0.15) is 38.1 Å². The second-order valence-corrected chi connectivity index (χ2v) is 7.23. The molecule has 0 radical (unpaired) electrons. The third-order valence-corrected chi connectivity index (χ3v) is 5.69. The average Bonchev–Trinajstić information content (AvgIpc) is 2.66. The highest BCUT2D eigenvalue weighted by atomic mass is 79.9. The summed E-state index contributed by atoms with van der Waals surface area (Å²) in [5, 5.41) is 12.4. The molecule has 0 aliphatic heterocycles. The van der Waals surface area contributed by atoms with Crippen molar-refractivity contribution >= 4 is 27.6 Å². The molecule has 0 saturated heterocycles. The molecule has 2 rings (SSSR count). The number of nitrogens with one attached hydrogen (secondary N) is 1. The Labute approximate surface area is 122 Å². The normalized spacial score (nSPS) is 20.1. The van der Waals surface area contributed by atoms with Gasteiger partial charge in [0.15, 0.2) is 0 Å². The summed E-state index contributed by atoms with van der Waals surface area (Å²) in [6.45, 7) is 10.1. The van der Waals surface area contributed by atoms with Crippen LogP contribution in [0.15, 0.2) is 22.7 Å². The number of rotatable bonds is 4. The van der Waals surface area contributed by atoms with Gasteiger partial charge in [0.05, 0.1) is 5.56 Å². The molecule has 0 heterocycles. The van der Waals surface area contributed by atoms with Crippen molar-refractivity contribution in [2.24, 2.45) is 16.7 Å². The maximum absolute atomic E-state index is 10.9. The molecule has 3 nitrogen and oxygen atoms in total. The van der Waals surface area contributed by atoms with Crippen molar-refractivity contribution < 1.29 is 9.90 Å². The number of benzene rings is 1. The highest BCUT2D eigenvalue weighted by Crippen LogP contribution is 2.68. The van der Waals surface area contributed by atoms with E-state index >= 15 is 0 Å². The van der Waals surface area contributed by atoms with Gasteiger partial charge in [-0.15, -0.1) is 0 Å². The van der Waals surface area contributed by atoms with Gasteiger partial charge in [0, 0.05) is 16.7 Å².